The molecule has 2 heterocycles. The van der Waals surface area contributed by atoms with E-state index in [1.54, 1.807) is 49.8 Å². The van der Waals surface area contributed by atoms with Crippen LogP contribution in [-0.4, -0.2) is 31.2 Å². The Bertz CT molecular complexity index is 858. The zero-order valence-corrected chi connectivity index (χ0v) is 14.2. The van der Waals surface area contributed by atoms with Crippen LogP contribution in [0.5, 0.6) is 0 Å². The fraction of sp³-hybridized carbons (Fsp3) is 0.294. The van der Waals surface area contributed by atoms with Gasteiger partial charge in [-0.2, -0.15) is 0 Å². The second kappa shape index (κ2) is 6.78. The van der Waals surface area contributed by atoms with Gasteiger partial charge in [0.05, 0.1) is 5.69 Å². The molecule has 0 saturated heterocycles. The van der Waals surface area contributed by atoms with Gasteiger partial charge in [0.25, 0.3) is 0 Å². The Labute approximate surface area is 141 Å². The highest BCUT2D eigenvalue weighted by molar-refractivity contribution is 7.90. The average Bonchev–Trinajstić information content (AvgIpc) is 3.01. The fourth-order valence-electron chi connectivity index (χ4n) is 2.85. The summed E-state index contributed by atoms with van der Waals surface area (Å²) in [6, 6.07) is 7.94. The first-order chi connectivity index (χ1) is 11.5. The summed E-state index contributed by atoms with van der Waals surface area (Å²) in [4.78, 5) is 0. The van der Waals surface area contributed by atoms with Crippen molar-refractivity contribution < 1.29 is 12.8 Å². The van der Waals surface area contributed by atoms with Crippen LogP contribution in [0.25, 0.3) is 11.3 Å². The molecule has 1 aliphatic heterocycles. The summed E-state index contributed by atoms with van der Waals surface area (Å²) in [7, 11) is -1.86. The van der Waals surface area contributed by atoms with Crippen molar-refractivity contribution in [3.8, 4) is 11.3 Å². The molecule has 1 aromatic heterocycles. The lowest BCUT2D eigenvalue weighted by Gasteiger charge is -2.21. The van der Waals surface area contributed by atoms with Gasteiger partial charge in [-0.25, -0.2) is 16.8 Å². The molecular weight excluding hydrogens is 329 g/mol. The molecule has 2 aromatic rings. The molecule has 1 aliphatic rings. The molecule has 0 bridgehead atoms. The van der Waals surface area contributed by atoms with Crippen molar-refractivity contribution >= 4 is 10.0 Å². The molecule has 24 heavy (non-hydrogen) atoms. The second-order valence-electron chi connectivity index (χ2n) is 5.75. The highest BCUT2D eigenvalue weighted by atomic mass is 32.2. The summed E-state index contributed by atoms with van der Waals surface area (Å²) >= 11 is 0. The van der Waals surface area contributed by atoms with Crippen molar-refractivity contribution in [3.63, 3.8) is 0 Å². The Morgan fingerprint density at radius 3 is 2.83 bits per heavy atom. The van der Waals surface area contributed by atoms with Crippen LogP contribution in [0.1, 0.15) is 12.0 Å². The largest absolute Gasteiger partial charge is 0.390 e. The van der Waals surface area contributed by atoms with E-state index in [4.69, 9.17) is 0 Å². The van der Waals surface area contributed by atoms with Crippen LogP contribution in [0, 0.1) is 5.82 Å². The molecule has 0 spiro atoms. The molecule has 0 amide bonds. The number of allylic oxidation sites excluding steroid dienone is 1. The highest BCUT2D eigenvalue weighted by Gasteiger charge is 2.30. The number of rotatable bonds is 5. The van der Waals surface area contributed by atoms with Crippen molar-refractivity contribution in [2.24, 2.45) is 0 Å². The smallest absolute Gasteiger partial charge is 0.243 e. The van der Waals surface area contributed by atoms with Gasteiger partial charge in [0.15, 0.2) is 0 Å². The van der Waals surface area contributed by atoms with Gasteiger partial charge in [0, 0.05) is 24.8 Å². The first-order valence-electron chi connectivity index (χ1n) is 7.77. The van der Waals surface area contributed by atoms with Crippen LogP contribution in [0.2, 0.25) is 0 Å². The van der Waals surface area contributed by atoms with Crippen molar-refractivity contribution in [1.82, 2.24) is 14.6 Å². The molecule has 0 radical (unpaired) electrons. The lowest BCUT2D eigenvalue weighted by molar-refractivity contribution is 0.561. The van der Waals surface area contributed by atoms with Gasteiger partial charge in [-0.15, -0.1) is 0 Å². The van der Waals surface area contributed by atoms with Crippen LogP contribution < -0.4 is 10.6 Å². The number of aromatic nitrogens is 1. The van der Waals surface area contributed by atoms with Crippen LogP contribution in [0.15, 0.2) is 48.8 Å². The molecule has 5 nitrogen and oxygen atoms in total. The zero-order chi connectivity index (χ0) is 17.2. The summed E-state index contributed by atoms with van der Waals surface area (Å²) in [6.45, 7) is 0.849. The van der Waals surface area contributed by atoms with Crippen LogP contribution in [-0.2, 0) is 16.6 Å². The quantitative estimate of drug-likeness (QED) is 0.867. The summed E-state index contributed by atoms with van der Waals surface area (Å²) in [6.07, 6.45) is 5.57. The van der Waals surface area contributed by atoms with Crippen molar-refractivity contribution in [2.75, 3.05) is 13.6 Å². The minimum Gasteiger partial charge on any atom is -0.390 e. The molecular formula is C17H20FN3O2S. The summed E-state index contributed by atoms with van der Waals surface area (Å²) in [5, 5.41) is 5.37. The van der Waals surface area contributed by atoms with Gasteiger partial charge in [-0.05, 0) is 43.4 Å². The van der Waals surface area contributed by atoms with Gasteiger partial charge in [0.2, 0.25) is 10.0 Å². The third-order valence-corrected chi connectivity index (χ3v) is 6.10. The molecule has 3 rings (SSSR count). The minimum atomic E-state index is -3.65. The number of hydrogen-bond donors (Lipinski definition) is 2. The molecule has 2 N–H and O–H groups in total. The Morgan fingerprint density at radius 1 is 1.38 bits per heavy atom. The van der Waals surface area contributed by atoms with Crippen LogP contribution >= 0.6 is 0 Å². The topological polar surface area (TPSA) is 63.1 Å². The molecule has 1 aromatic carbocycles. The van der Waals surface area contributed by atoms with E-state index >= 15 is 0 Å². The highest BCUT2D eigenvalue weighted by Crippen LogP contribution is 2.28. The molecule has 0 fully saturated rings. The maximum absolute atomic E-state index is 14.2. The number of hydrogen-bond acceptors (Lipinski definition) is 4. The molecule has 0 saturated carbocycles. The lowest BCUT2D eigenvalue weighted by atomic mass is 10.1. The Kier molecular flexibility index (Phi) is 4.73. The van der Waals surface area contributed by atoms with Gasteiger partial charge in [0.1, 0.15) is 11.1 Å². The number of nitrogens with zero attached hydrogens (tertiary/aromatic N) is 1. The minimum absolute atomic E-state index is 0.280. The summed E-state index contributed by atoms with van der Waals surface area (Å²) in [5.74, 6) is -0.440. The summed E-state index contributed by atoms with van der Waals surface area (Å²) < 4.78 is 41.6. The maximum atomic E-state index is 14.2. The van der Waals surface area contributed by atoms with E-state index in [0.29, 0.717) is 25.2 Å². The zero-order valence-electron chi connectivity index (χ0n) is 13.4. The number of benzene rings is 1. The van der Waals surface area contributed by atoms with E-state index in [9.17, 15) is 12.8 Å². The van der Waals surface area contributed by atoms with Gasteiger partial charge in [-0.3, -0.25) is 0 Å². The molecule has 1 unspecified atom stereocenters. The van der Waals surface area contributed by atoms with Crippen molar-refractivity contribution in [3.05, 3.63) is 60.2 Å². The first-order valence-corrected chi connectivity index (χ1v) is 9.28. The maximum Gasteiger partial charge on any atom is 0.243 e. The lowest BCUT2D eigenvalue weighted by Crippen LogP contribution is -2.37. The van der Waals surface area contributed by atoms with Crippen molar-refractivity contribution in [1.29, 1.82) is 0 Å². The molecule has 1 atom stereocenters. The van der Waals surface area contributed by atoms with Crippen LogP contribution in [0.3, 0.4) is 0 Å². The standard InChI is InChI=1S/C17H20FN3O2S/c1-19-10-13-9-17(15-6-2-3-7-16(15)18)21(12-13)24(22,23)14-5-4-8-20-11-14/h2-4,6-9,12,14,19-20H,5,10-11H2,1H3. The monoisotopic (exact) mass is 349 g/mol. The Morgan fingerprint density at radius 2 is 2.17 bits per heavy atom. The molecule has 0 aliphatic carbocycles. The number of halogens is 1. The fourth-order valence-corrected chi connectivity index (χ4v) is 4.54. The molecule has 7 heteroatoms. The van der Waals surface area contributed by atoms with Gasteiger partial charge in [-0.1, -0.05) is 18.2 Å². The second-order valence-corrected chi connectivity index (χ2v) is 7.84. The van der Waals surface area contributed by atoms with Gasteiger partial charge < -0.3 is 10.6 Å². The van der Waals surface area contributed by atoms with Crippen molar-refractivity contribution in [2.45, 2.75) is 18.2 Å². The van der Waals surface area contributed by atoms with E-state index in [1.165, 1.54) is 10.0 Å². The van der Waals surface area contributed by atoms with E-state index in [0.717, 1.165) is 5.56 Å². The summed E-state index contributed by atoms with van der Waals surface area (Å²) in [5.41, 5.74) is 1.43. The first kappa shape index (κ1) is 16.7. The average molecular weight is 349 g/mol. The van der Waals surface area contributed by atoms with Gasteiger partial charge >= 0.3 is 0 Å². The third kappa shape index (κ3) is 3.09. The van der Waals surface area contributed by atoms with Crippen LogP contribution in [0.4, 0.5) is 4.39 Å². The normalized spacial score (nSPS) is 17.7. The predicted octanol–water partition coefficient (Wildman–Crippen LogP) is 2.07. The van der Waals surface area contributed by atoms with E-state index < -0.39 is 21.1 Å². The third-order valence-electron chi connectivity index (χ3n) is 4.05. The van der Waals surface area contributed by atoms with E-state index in [2.05, 4.69) is 10.6 Å². The predicted molar refractivity (Wildman–Crippen MR) is 92.5 cm³/mol. The Balaban J connectivity index is 2.12. The van der Waals surface area contributed by atoms with E-state index in [1.807, 2.05) is 0 Å². The molecule has 128 valence electrons. The SMILES string of the molecule is CNCc1cc(-c2ccccc2F)n(S(=O)(=O)C2CC=CNC2)c1. The number of nitrogens with one attached hydrogen (secondary N) is 2. The van der Waals surface area contributed by atoms with E-state index in [-0.39, 0.29) is 5.56 Å². The Hall–Kier alpha value is -2.12.